The van der Waals surface area contributed by atoms with E-state index in [1.54, 1.807) is 0 Å². The Labute approximate surface area is 63.1 Å². The molecule has 0 radical (unpaired) electrons. The number of rotatable bonds is 2. The van der Waals surface area contributed by atoms with Gasteiger partial charge in [-0.1, -0.05) is 13.3 Å². The standard InChI is InChI=1S/C9H16O/c1-4-6-9(3)7-5-8(2)10-9/h5H,4,6-7H2,1-3H3. The van der Waals surface area contributed by atoms with E-state index in [4.69, 9.17) is 4.74 Å². The van der Waals surface area contributed by atoms with E-state index in [1.165, 1.54) is 12.8 Å². The molecule has 10 heavy (non-hydrogen) atoms. The molecule has 0 aromatic carbocycles. The molecule has 58 valence electrons. The number of hydrogen-bond acceptors (Lipinski definition) is 1. The highest BCUT2D eigenvalue weighted by Crippen LogP contribution is 2.31. The third kappa shape index (κ3) is 1.53. The Morgan fingerprint density at radius 1 is 1.70 bits per heavy atom. The van der Waals surface area contributed by atoms with E-state index in [-0.39, 0.29) is 5.60 Å². The molecule has 0 N–H and O–H groups in total. The summed E-state index contributed by atoms with van der Waals surface area (Å²) in [5.74, 6) is 1.09. The van der Waals surface area contributed by atoms with Crippen LogP contribution in [0, 0.1) is 0 Å². The molecule has 1 heterocycles. The first-order valence-electron chi connectivity index (χ1n) is 4.02. The minimum Gasteiger partial charge on any atom is -0.492 e. The SMILES string of the molecule is CCCC1(C)CC=C(C)O1. The summed E-state index contributed by atoms with van der Waals surface area (Å²) in [5.41, 5.74) is 0.124. The Morgan fingerprint density at radius 3 is 2.80 bits per heavy atom. The van der Waals surface area contributed by atoms with Crippen molar-refractivity contribution in [2.24, 2.45) is 0 Å². The van der Waals surface area contributed by atoms with E-state index in [1.807, 2.05) is 6.92 Å². The molecular formula is C9H16O. The van der Waals surface area contributed by atoms with Gasteiger partial charge >= 0.3 is 0 Å². The summed E-state index contributed by atoms with van der Waals surface area (Å²) in [6, 6.07) is 0. The largest absolute Gasteiger partial charge is 0.492 e. The van der Waals surface area contributed by atoms with E-state index < -0.39 is 0 Å². The van der Waals surface area contributed by atoms with Crippen LogP contribution >= 0.6 is 0 Å². The number of ether oxygens (including phenoxy) is 1. The van der Waals surface area contributed by atoms with Gasteiger partial charge in [-0.15, -0.1) is 0 Å². The smallest absolute Gasteiger partial charge is 0.109 e. The van der Waals surface area contributed by atoms with Gasteiger partial charge in [0.1, 0.15) is 5.60 Å². The predicted octanol–water partition coefficient (Wildman–Crippen LogP) is 2.87. The predicted molar refractivity (Wildman–Crippen MR) is 42.8 cm³/mol. The van der Waals surface area contributed by atoms with Gasteiger partial charge in [-0.05, 0) is 26.3 Å². The highest BCUT2D eigenvalue weighted by atomic mass is 16.5. The Kier molecular flexibility index (Phi) is 2.02. The van der Waals surface area contributed by atoms with E-state index in [0.717, 1.165) is 12.2 Å². The van der Waals surface area contributed by atoms with Crippen LogP contribution in [0.2, 0.25) is 0 Å². The Morgan fingerprint density at radius 2 is 2.40 bits per heavy atom. The summed E-state index contributed by atoms with van der Waals surface area (Å²) in [6.07, 6.45) is 5.64. The lowest BCUT2D eigenvalue weighted by Crippen LogP contribution is -2.22. The van der Waals surface area contributed by atoms with Crippen molar-refractivity contribution in [2.75, 3.05) is 0 Å². The molecule has 1 nitrogen and oxygen atoms in total. The summed E-state index contributed by atoms with van der Waals surface area (Å²) in [7, 11) is 0. The maximum Gasteiger partial charge on any atom is 0.109 e. The van der Waals surface area contributed by atoms with Gasteiger partial charge in [-0.25, -0.2) is 0 Å². The van der Waals surface area contributed by atoms with Gasteiger partial charge in [0, 0.05) is 6.42 Å². The Bertz CT molecular complexity index is 149. The van der Waals surface area contributed by atoms with Crippen molar-refractivity contribution in [3.63, 3.8) is 0 Å². The van der Waals surface area contributed by atoms with Gasteiger partial charge < -0.3 is 4.74 Å². The third-order valence-electron chi connectivity index (χ3n) is 2.01. The van der Waals surface area contributed by atoms with Crippen molar-refractivity contribution in [3.8, 4) is 0 Å². The van der Waals surface area contributed by atoms with E-state index >= 15 is 0 Å². The first-order chi connectivity index (χ1) is 4.66. The molecule has 1 unspecified atom stereocenters. The van der Waals surface area contributed by atoms with Crippen LogP contribution in [-0.4, -0.2) is 5.60 Å². The zero-order valence-corrected chi connectivity index (χ0v) is 7.11. The molecule has 0 saturated heterocycles. The Hall–Kier alpha value is -0.460. The second kappa shape index (κ2) is 2.65. The van der Waals surface area contributed by atoms with Gasteiger partial charge in [0.15, 0.2) is 0 Å². The second-order valence-electron chi connectivity index (χ2n) is 3.32. The monoisotopic (exact) mass is 140 g/mol. The lowest BCUT2D eigenvalue weighted by molar-refractivity contribution is 0.0359. The molecule has 1 heteroatoms. The van der Waals surface area contributed by atoms with E-state index in [2.05, 4.69) is 19.9 Å². The summed E-state index contributed by atoms with van der Waals surface area (Å²) in [5, 5.41) is 0. The maximum atomic E-state index is 5.65. The van der Waals surface area contributed by atoms with Crippen LogP contribution in [0.1, 0.15) is 40.0 Å². The van der Waals surface area contributed by atoms with Gasteiger partial charge in [-0.2, -0.15) is 0 Å². The van der Waals surface area contributed by atoms with Gasteiger partial charge in [0.05, 0.1) is 5.76 Å². The average molecular weight is 140 g/mol. The Balaban J connectivity index is 2.44. The zero-order chi connectivity index (χ0) is 7.61. The van der Waals surface area contributed by atoms with Crippen LogP contribution in [0.25, 0.3) is 0 Å². The maximum absolute atomic E-state index is 5.65. The molecular weight excluding hydrogens is 124 g/mol. The molecule has 1 rings (SSSR count). The normalized spacial score (nSPS) is 31.7. The first-order valence-corrected chi connectivity index (χ1v) is 4.02. The quantitative estimate of drug-likeness (QED) is 0.573. The minimum absolute atomic E-state index is 0.124. The lowest BCUT2D eigenvalue weighted by Gasteiger charge is -2.23. The fourth-order valence-corrected chi connectivity index (χ4v) is 1.51. The van der Waals surface area contributed by atoms with Crippen molar-refractivity contribution in [1.29, 1.82) is 0 Å². The first kappa shape index (κ1) is 7.64. The summed E-state index contributed by atoms with van der Waals surface area (Å²) in [6.45, 7) is 6.41. The molecule has 0 amide bonds. The minimum atomic E-state index is 0.124. The van der Waals surface area contributed by atoms with Gasteiger partial charge in [-0.3, -0.25) is 0 Å². The summed E-state index contributed by atoms with van der Waals surface area (Å²) >= 11 is 0. The van der Waals surface area contributed by atoms with Crippen LogP contribution in [0.4, 0.5) is 0 Å². The molecule has 1 aliphatic rings. The van der Waals surface area contributed by atoms with Crippen molar-refractivity contribution in [1.82, 2.24) is 0 Å². The third-order valence-corrected chi connectivity index (χ3v) is 2.01. The molecule has 0 aliphatic carbocycles. The van der Waals surface area contributed by atoms with Crippen LogP contribution in [0.3, 0.4) is 0 Å². The van der Waals surface area contributed by atoms with E-state index in [0.29, 0.717) is 0 Å². The number of allylic oxidation sites excluding steroid dienone is 1. The molecule has 0 saturated carbocycles. The molecule has 0 aromatic rings. The van der Waals surface area contributed by atoms with Crippen LogP contribution in [0.5, 0.6) is 0 Å². The fraction of sp³-hybridized carbons (Fsp3) is 0.778. The van der Waals surface area contributed by atoms with Crippen molar-refractivity contribution < 1.29 is 4.74 Å². The van der Waals surface area contributed by atoms with Crippen LogP contribution in [0.15, 0.2) is 11.8 Å². The fourth-order valence-electron chi connectivity index (χ4n) is 1.51. The van der Waals surface area contributed by atoms with Gasteiger partial charge in [0.25, 0.3) is 0 Å². The second-order valence-corrected chi connectivity index (χ2v) is 3.32. The molecule has 1 atom stereocenters. The highest BCUT2D eigenvalue weighted by molar-refractivity contribution is 5.03. The van der Waals surface area contributed by atoms with Crippen molar-refractivity contribution >= 4 is 0 Å². The van der Waals surface area contributed by atoms with Crippen LogP contribution in [-0.2, 0) is 4.74 Å². The van der Waals surface area contributed by atoms with Gasteiger partial charge in [0.2, 0.25) is 0 Å². The molecule has 0 bridgehead atoms. The zero-order valence-electron chi connectivity index (χ0n) is 7.11. The lowest BCUT2D eigenvalue weighted by atomic mass is 9.98. The molecule has 0 fully saturated rings. The van der Waals surface area contributed by atoms with Crippen molar-refractivity contribution in [3.05, 3.63) is 11.8 Å². The average Bonchev–Trinajstić information content (AvgIpc) is 2.12. The summed E-state index contributed by atoms with van der Waals surface area (Å²) in [4.78, 5) is 0. The topological polar surface area (TPSA) is 9.23 Å². The highest BCUT2D eigenvalue weighted by Gasteiger charge is 2.28. The molecule has 0 spiro atoms. The molecule has 0 aromatic heterocycles. The number of hydrogen-bond donors (Lipinski definition) is 0. The van der Waals surface area contributed by atoms with Crippen LogP contribution < -0.4 is 0 Å². The van der Waals surface area contributed by atoms with E-state index in [9.17, 15) is 0 Å². The summed E-state index contributed by atoms with van der Waals surface area (Å²) < 4.78 is 5.65. The molecule has 1 aliphatic heterocycles. The van der Waals surface area contributed by atoms with Crippen molar-refractivity contribution in [2.45, 2.75) is 45.6 Å².